The van der Waals surface area contributed by atoms with E-state index in [1.807, 2.05) is 0 Å². The van der Waals surface area contributed by atoms with Crippen molar-refractivity contribution >= 4 is 12.6 Å². The molecule has 0 amide bonds. The summed E-state index contributed by atoms with van der Waals surface area (Å²) in [5, 5.41) is 0. The molecule has 1 aliphatic rings. The van der Waals surface area contributed by atoms with Gasteiger partial charge >= 0.3 is 0 Å². The largest absolute Gasteiger partial charge is 0.300 e. The minimum absolute atomic E-state index is 0.430. The number of hydrogen-bond acceptors (Lipinski definition) is 3. The third-order valence-corrected chi connectivity index (χ3v) is 4.90. The molecular formula is C16H26N2S. The van der Waals surface area contributed by atoms with Crippen molar-refractivity contribution in [2.45, 2.75) is 45.6 Å². The summed E-state index contributed by atoms with van der Waals surface area (Å²) in [7, 11) is 2.21. The molecule has 2 nitrogen and oxygen atoms in total. The van der Waals surface area contributed by atoms with E-state index in [-0.39, 0.29) is 0 Å². The van der Waals surface area contributed by atoms with Crippen molar-refractivity contribution in [3.05, 3.63) is 29.6 Å². The lowest BCUT2D eigenvalue weighted by Gasteiger charge is -2.39. The van der Waals surface area contributed by atoms with E-state index in [9.17, 15) is 0 Å². The number of rotatable bonds is 5. The van der Waals surface area contributed by atoms with Crippen molar-refractivity contribution in [1.29, 1.82) is 0 Å². The molecule has 1 heterocycles. The minimum Gasteiger partial charge on any atom is -0.300 e. The Morgan fingerprint density at radius 2 is 2.00 bits per heavy atom. The van der Waals surface area contributed by atoms with Gasteiger partial charge in [0.25, 0.3) is 0 Å². The third-order valence-electron chi connectivity index (χ3n) is 4.23. The molecule has 3 heteroatoms. The zero-order valence-electron chi connectivity index (χ0n) is 12.2. The predicted molar refractivity (Wildman–Crippen MR) is 84.7 cm³/mol. The van der Waals surface area contributed by atoms with Crippen LogP contribution in [0.1, 0.15) is 43.5 Å². The van der Waals surface area contributed by atoms with E-state index in [1.165, 1.54) is 37.8 Å². The van der Waals surface area contributed by atoms with Crippen LogP contribution in [0, 0.1) is 12.3 Å². The molecule has 1 aliphatic carbocycles. The van der Waals surface area contributed by atoms with Crippen molar-refractivity contribution in [2.24, 2.45) is 5.41 Å². The summed E-state index contributed by atoms with van der Waals surface area (Å²) in [6.07, 6.45) is 6.82. The van der Waals surface area contributed by atoms with Gasteiger partial charge in [0.1, 0.15) is 0 Å². The van der Waals surface area contributed by atoms with Gasteiger partial charge in [0.15, 0.2) is 0 Å². The molecule has 0 N–H and O–H groups in total. The SMILES string of the molecule is Cc1cccc(CN(C)CC2(CS)CCCCC2)n1. The van der Waals surface area contributed by atoms with Gasteiger partial charge in [-0.15, -0.1) is 0 Å². The molecule has 0 saturated heterocycles. The van der Waals surface area contributed by atoms with Crippen molar-refractivity contribution < 1.29 is 0 Å². The van der Waals surface area contributed by atoms with Gasteiger partial charge < -0.3 is 0 Å². The molecule has 1 saturated carbocycles. The topological polar surface area (TPSA) is 16.1 Å². The number of aryl methyl sites for hydroxylation is 1. The number of hydrogen-bond donors (Lipinski definition) is 1. The molecule has 0 bridgehead atoms. The van der Waals surface area contributed by atoms with Gasteiger partial charge in [-0.1, -0.05) is 25.3 Å². The summed E-state index contributed by atoms with van der Waals surface area (Å²) in [5.74, 6) is 1.01. The van der Waals surface area contributed by atoms with E-state index in [1.54, 1.807) is 0 Å². The molecule has 0 radical (unpaired) electrons. The van der Waals surface area contributed by atoms with Gasteiger partial charge in [-0.3, -0.25) is 9.88 Å². The summed E-state index contributed by atoms with van der Waals surface area (Å²) in [6.45, 7) is 4.14. The lowest BCUT2D eigenvalue weighted by Crippen LogP contribution is -2.38. The highest BCUT2D eigenvalue weighted by atomic mass is 32.1. The van der Waals surface area contributed by atoms with Crippen LogP contribution >= 0.6 is 12.6 Å². The van der Waals surface area contributed by atoms with E-state index < -0.39 is 0 Å². The smallest absolute Gasteiger partial charge is 0.0547 e. The summed E-state index contributed by atoms with van der Waals surface area (Å²) in [4.78, 5) is 7.01. The molecule has 0 unspecified atom stereocenters. The zero-order valence-corrected chi connectivity index (χ0v) is 13.1. The molecule has 0 aliphatic heterocycles. The lowest BCUT2D eigenvalue weighted by atomic mass is 9.75. The standard InChI is InChI=1S/C16H26N2S/c1-14-7-6-8-15(17-14)11-18(2)12-16(13-19)9-4-3-5-10-16/h6-8,19H,3-5,9-13H2,1-2H3. The Hall–Kier alpha value is -0.540. The van der Waals surface area contributed by atoms with Crippen molar-refractivity contribution in [3.63, 3.8) is 0 Å². The van der Waals surface area contributed by atoms with Crippen LogP contribution in [0.25, 0.3) is 0 Å². The summed E-state index contributed by atoms with van der Waals surface area (Å²) in [6, 6.07) is 6.28. The maximum absolute atomic E-state index is 4.62. The van der Waals surface area contributed by atoms with Crippen LogP contribution in [-0.4, -0.2) is 29.2 Å². The second kappa shape index (κ2) is 6.76. The first-order valence-corrected chi connectivity index (χ1v) is 7.99. The fourth-order valence-corrected chi connectivity index (χ4v) is 3.68. The highest BCUT2D eigenvalue weighted by Crippen LogP contribution is 2.37. The van der Waals surface area contributed by atoms with Crippen molar-refractivity contribution in [2.75, 3.05) is 19.3 Å². The average molecular weight is 278 g/mol. The lowest BCUT2D eigenvalue weighted by molar-refractivity contribution is 0.140. The Morgan fingerprint density at radius 1 is 1.26 bits per heavy atom. The van der Waals surface area contributed by atoms with E-state index in [4.69, 9.17) is 0 Å². The zero-order chi connectivity index (χ0) is 13.7. The normalized spacial score (nSPS) is 18.7. The summed E-state index contributed by atoms with van der Waals surface area (Å²) >= 11 is 4.62. The van der Waals surface area contributed by atoms with E-state index in [0.717, 1.165) is 24.5 Å². The Balaban J connectivity index is 1.94. The Kier molecular flexibility index (Phi) is 5.28. The third kappa shape index (κ3) is 4.22. The Labute approximate surface area is 123 Å². The predicted octanol–water partition coefficient (Wildman–Crippen LogP) is 3.70. The van der Waals surface area contributed by atoms with Crippen LogP contribution in [0.5, 0.6) is 0 Å². The summed E-state index contributed by atoms with van der Waals surface area (Å²) in [5.41, 5.74) is 2.71. The molecule has 1 aromatic heterocycles. The highest BCUT2D eigenvalue weighted by molar-refractivity contribution is 7.80. The van der Waals surface area contributed by atoms with Gasteiger partial charge in [-0.2, -0.15) is 12.6 Å². The molecule has 1 aromatic rings. The van der Waals surface area contributed by atoms with Crippen LogP contribution in [-0.2, 0) is 6.54 Å². The van der Waals surface area contributed by atoms with E-state index in [0.29, 0.717) is 5.41 Å². The van der Waals surface area contributed by atoms with Gasteiger partial charge in [-0.25, -0.2) is 0 Å². The first-order chi connectivity index (χ1) is 9.13. The average Bonchev–Trinajstić information content (AvgIpc) is 2.39. The van der Waals surface area contributed by atoms with Crippen LogP contribution < -0.4 is 0 Å². The fraction of sp³-hybridized carbons (Fsp3) is 0.688. The molecule has 2 rings (SSSR count). The maximum Gasteiger partial charge on any atom is 0.0547 e. The number of aromatic nitrogens is 1. The van der Waals surface area contributed by atoms with Gasteiger partial charge in [0.05, 0.1) is 5.69 Å². The number of nitrogens with zero attached hydrogens (tertiary/aromatic N) is 2. The Morgan fingerprint density at radius 3 is 2.63 bits per heavy atom. The number of thiol groups is 1. The molecule has 106 valence electrons. The second-order valence-corrected chi connectivity index (χ2v) is 6.48. The first-order valence-electron chi connectivity index (χ1n) is 7.35. The quantitative estimate of drug-likeness (QED) is 0.827. The van der Waals surface area contributed by atoms with E-state index in [2.05, 4.69) is 54.7 Å². The summed E-state index contributed by atoms with van der Waals surface area (Å²) < 4.78 is 0. The van der Waals surface area contributed by atoms with Crippen molar-refractivity contribution in [1.82, 2.24) is 9.88 Å². The van der Waals surface area contributed by atoms with Crippen LogP contribution in [0.15, 0.2) is 18.2 Å². The van der Waals surface area contributed by atoms with Gasteiger partial charge in [0.2, 0.25) is 0 Å². The maximum atomic E-state index is 4.62. The van der Waals surface area contributed by atoms with Gasteiger partial charge in [-0.05, 0) is 50.1 Å². The minimum atomic E-state index is 0.430. The van der Waals surface area contributed by atoms with Crippen molar-refractivity contribution in [3.8, 4) is 0 Å². The fourth-order valence-electron chi connectivity index (χ4n) is 3.26. The van der Waals surface area contributed by atoms with Crippen LogP contribution in [0.4, 0.5) is 0 Å². The molecular weight excluding hydrogens is 252 g/mol. The second-order valence-electron chi connectivity index (χ2n) is 6.16. The first kappa shape index (κ1) is 14.9. The molecule has 0 spiro atoms. The molecule has 19 heavy (non-hydrogen) atoms. The number of pyridine rings is 1. The van der Waals surface area contributed by atoms with Crippen LogP contribution in [0.3, 0.4) is 0 Å². The monoisotopic (exact) mass is 278 g/mol. The Bertz CT molecular complexity index is 399. The van der Waals surface area contributed by atoms with Gasteiger partial charge in [0, 0.05) is 18.8 Å². The van der Waals surface area contributed by atoms with Crippen LogP contribution in [0.2, 0.25) is 0 Å². The van der Waals surface area contributed by atoms with E-state index >= 15 is 0 Å². The molecule has 1 fully saturated rings. The highest BCUT2D eigenvalue weighted by Gasteiger charge is 2.31. The molecule has 0 aromatic carbocycles. The molecule has 0 atom stereocenters.